The van der Waals surface area contributed by atoms with Crippen LogP contribution >= 0.6 is 0 Å². The van der Waals surface area contributed by atoms with Gasteiger partial charge in [-0.15, -0.1) is 0 Å². The third kappa shape index (κ3) is 7.78. The lowest BCUT2D eigenvalue weighted by molar-refractivity contribution is 0.260. The molecule has 4 nitrogen and oxygen atoms in total. The predicted octanol–water partition coefficient (Wildman–Crippen LogP) is 4.23. The molecule has 1 aliphatic rings. The largest absolute Gasteiger partial charge is 0.315 e. The molecule has 0 unspecified atom stereocenters. The van der Waals surface area contributed by atoms with E-state index in [1.54, 1.807) is 0 Å². The summed E-state index contributed by atoms with van der Waals surface area (Å²) in [7, 11) is 0. The van der Waals surface area contributed by atoms with E-state index in [1.807, 2.05) is 0 Å². The lowest BCUT2D eigenvalue weighted by atomic mass is 9.85. The first kappa shape index (κ1) is 24.6. The van der Waals surface area contributed by atoms with Crippen LogP contribution in [0.3, 0.4) is 0 Å². The first-order valence-electron chi connectivity index (χ1n) is 12.9. The summed E-state index contributed by atoms with van der Waals surface area (Å²) in [5.74, 6) is 0.260. The lowest BCUT2D eigenvalue weighted by Gasteiger charge is -2.24. The van der Waals surface area contributed by atoms with Gasteiger partial charge in [-0.05, 0) is 61.3 Å². The average molecular weight is 457 g/mol. The Morgan fingerprint density at radius 3 is 1.68 bits per heavy atom. The zero-order valence-electron chi connectivity index (χ0n) is 20.4. The SMILES string of the molecule is c1ccc(C(c2ccccc2)c2ccc(CN3CCCNCCNCCCNCC3)cc2)cc1. The monoisotopic (exact) mass is 456 g/mol. The van der Waals surface area contributed by atoms with Crippen molar-refractivity contribution in [2.75, 3.05) is 52.4 Å². The van der Waals surface area contributed by atoms with Crippen molar-refractivity contribution in [3.05, 3.63) is 107 Å². The van der Waals surface area contributed by atoms with Crippen LogP contribution in [0.2, 0.25) is 0 Å². The van der Waals surface area contributed by atoms with E-state index in [2.05, 4.69) is 106 Å². The Morgan fingerprint density at radius 1 is 0.529 bits per heavy atom. The van der Waals surface area contributed by atoms with Crippen LogP contribution in [0.15, 0.2) is 84.9 Å². The highest BCUT2D eigenvalue weighted by Crippen LogP contribution is 2.31. The summed E-state index contributed by atoms with van der Waals surface area (Å²) in [6, 6.07) is 31.0. The molecule has 4 heteroatoms. The summed E-state index contributed by atoms with van der Waals surface area (Å²) in [5, 5.41) is 10.7. The Hall–Kier alpha value is -2.50. The normalized spacial score (nSPS) is 17.3. The molecule has 34 heavy (non-hydrogen) atoms. The van der Waals surface area contributed by atoms with Gasteiger partial charge in [0.1, 0.15) is 0 Å². The second kappa shape index (κ2) is 14.0. The van der Waals surface area contributed by atoms with Crippen LogP contribution in [0.5, 0.6) is 0 Å². The standard InChI is InChI=1S/C30H40N4/c1-3-9-27(10-4-1)30(28-11-5-2-6-12-28)29-15-13-26(14-16-29)25-34-23-8-19-32-21-20-31-17-7-18-33-22-24-34/h1-6,9-16,30-33H,7-8,17-25H2. The zero-order valence-corrected chi connectivity index (χ0v) is 20.4. The van der Waals surface area contributed by atoms with Crippen molar-refractivity contribution >= 4 is 0 Å². The molecule has 1 fully saturated rings. The molecule has 3 aromatic carbocycles. The Kier molecular flexibility index (Phi) is 10.2. The van der Waals surface area contributed by atoms with Gasteiger partial charge in [0.25, 0.3) is 0 Å². The molecule has 4 rings (SSSR count). The van der Waals surface area contributed by atoms with E-state index in [4.69, 9.17) is 0 Å². The Bertz CT molecular complexity index is 874. The molecule has 1 aliphatic heterocycles. The summed E-state index contributed by atoms with van der Waals surface area (Å²) in [6.45, 7) is 9.65. The van der Waals surface area contributed by atoms with Gasteiger partial charge in [-0.3, -0.25) is 4.90 Å². The smallest absolute Gasteiger partial charge is 0.0339 e. The molecule has 1 saturated heterocycles. The Balaban J connectivity index is 1.43. The van der Waals surface area contributed by atoms with E-state index < -0.39 is 0 Å². The number of hydrogen-bond donors (Lipinski definition) is 3. The van der Waals surface area contributed by atoms with Crippen LogP contribution in [0.1, 0.15) is 41.0 Å². The summed E-state index contributed by atoms with van der Waals surface area (Å²) < 4.78 is 0. The first-order chi connectivity index (χ1) is 16.9. The summed E-state index contributed by atoms with van der Waals surface area (Å²) in [4.78, 5) is 2.60. The average Bonchev–Trinajstić information content (AvgIpc) is 2.89. The summed E-state index contributed by atoms with van der Waals surface area (Å²) >= 11 is 0. The quantitative estimate of drug-likeness (QED) is 0.503. The second-order valence-electron chi connectivity index (χ2n) is 9.23. The van der Waals surface area contributed by atoms with E-state index in [0.717, 1.165) is 58.9 Å². The highest BCUT2D eigenvalue weighted by Gasteiger charge is 2.16. The zero-order chi connectivity index (χ0) is 23.3. The van der Waals surface area contributed by atoms with Crippen molar-refractivity contribution in [3.63, 3.8) is 0 Å². The molecule has 0 spiro atoms. The molecular weight excluding hydrogens is 416 g/mol. The molecule has 3 N–H and O–H groups in total. The molecule has 0 radical (unpaired) electrons. The second-order valence-corrected chi connectivity index (χ2v) is 9.23. The van der Waals surface area contributed by atoms with Gasteiger partial charge in [0.05, 0.1) is 0 Å². The molecule has 0 amide bonds. The van der Waals surface area contributed by atoms with E-state index in [0.29, 0.717) is 0 Å². The molecule has 0 atom stereocenters. The highest BCUT2D eigenvalue weighted by atomic mass is 15.1. The van der Waals surface area contributed by atoms with Crippen LogP contribution in [-0.2, 0) is 6.54 Å². The number of nitrogens with one attached hydrogen (secondary N) is 3. The summed E-state index contributed by atoms with van der Waals surface area (Å²) in [6.07, 6.45) is 2.37. The van der Waals surface area contributed by atoms with E-state index in [1.165, 1.54) is 35.1 Å². The minimum atomic E-state index is 0.260. The minimum absolute atomic E-state index is 0.260. The van der Waals surface area contributed by atoms with Crippen molar-refractivity contribution < 1.29 is 0 Å². The van der Waals surface area contributed by atoms with Crippen LogP contribution < -0.4 is 16.0 Å². The van der Waals surface area contributed by atoms with E-state index in [-0.39, 0.29) is 5.92 Å². The van der Waals surface area contributed by atoms with Crippen molar-refractivity contribution in [1.82, 2.24) is 20.9 Å². The van der Waals surface area contributed by atoms with Gasteiger partial charge in [0.2, 0.25) is 0 Å². The molecule has 0 saturated carbocycles. The maximum absolute atomic E-state index is 3.62. The fraction of sp³-hybridized carbons (Fsp3) is 0.400. The highest BCUT2D eigenvalue weighted by molar-refractivity contribution is 5.43. The van der Waals surface area contributed by atoms with Crippen LogP contribution in [0.4, 0.5) is 0 Å². The minimum Gasteiger partial charge on any atom is -0.315 e. The predicted molar refractivity (Wildman–Crippen MR) is 143 cm³/mol. The van der Waals surface area contributed by atoms with Crippen molar-refractivity contribution in [2.24, 2.45) is 0 Å². The van der Waals surface area contributed by atoms with Gasteiger partial charge in [0.15, 0.2) is 0 Å². The van der Waals surface area contributed by atoms with Crippen molar-refractivity contribution in [1.29, 1.82) is 0 Å². The van der Waals surface area contributed by atoms with Crippen molar-refractivity contribution in [3.8, 4) is 0 Å². The molecule has 0 aromatic heterocycles. The van der Waals surface area contributed by atoms with Gasteiger partial charge in [-0.2, -0.15) is 0 Å². The third-order valence-corrected chi connectivity index (χ3v) is 6.60. The van der Waals surface area contributed by atoms with Gasteiger partial charge in [-0.1, -0.05) is 84.9 Å². The Morgan fingerprint density at radius 2 is 1.06 bits per heavy atom. The lowest BCUT2D eigenvalue weighted by Crippen LogP contribution is -2.36. The van der Waals surface area contributed by atoms with Gasteiger partial charge < -0.3 is 16.0 Å². The van der Waals surface area contributed by atoms with E-state index >= 15 is 0 Å². The maximum Gasteiger partial charge on any atom is 0.0339 e. The van der Waals surface area contributed by atoms with Gasteiger partial charge in [-0.25, -0.2) is 0 Å². The molecule has 0 aliphatic carbocycles. The molecule has 3 aromatic rings. The summed E-state index contributed by atoms with van der Waals surface area (Å²) in [5.41, 5.74) is 5.42. The fourth-order valence-corrected chi connectivity index (χ4v) is 4.77. The van der Waals surface area contributed by atoms with Gasteiger partial charge >= 0.3 is 0 Å². The topological polar surface area (TPSA) is 39.3 Å². The molecule has 0 bridgehead atoms. The number of hydrogen-bond acceptors (Lipinski definition) is 4. The number of nitrogens with zero attached hydrogens (tertiary/aromatic N) is 1. The molecular formula is C30H40N4. The van der Waals surface area contributed by atoms with Gasteiger partial charge in [0, 0.05) is 38.6 Å². The number of rotatable bonds is 5. The number of benzene rings is 3. The molecule has 180 valence electrons. The van der Waals surface area contributed by atoms with Crippen LogP contribution in [0.25, 0.3) is 0 Å². The Labute approximate surface area is 205 Å². The van der Waals surface area contributed by atoms with E-state index in [9.17, 15) is 0 Å². The third-order valence-electron chi connectivity index (χ3n) is 6.60. The first-order valence-corrected chi connectivity index (χ1v) is 12.9. The molecule has 1 heterocycles. The van der Waals surface area contributed by atoms with Crippen molar-refractivity contribution in [2.45, 2.75) is 25.3 Å². The fourth-order valence-electron chi connectivity index (χ4n) is 4.77. The van der Waals surface area contributed by atoms with Crippen LogP contribution in [-0.4, -0.2) is 57.3 Å². The van der Waals surface area contributed by atoms with Crippen LogP contribution in [0, 0.1) is 0 Å². The maximum atomic E-state index is 3.62.